The van der Waals surface area contributed by atoms with Crippen LogP contribution in [0.15, 0.2) is 82.8 Å². The number of fused-ring (bicyclic) bond motifs is 1. The van der Waals surface area contributed by atoms with Crippen molar-refractivity contribution in [3.05, 3.63) is 99.8 Å². The number of thiazole rings is 1. The molecule has 4 aromatic rings. The van der Waals surface area contributed by atoms with Crippen molar-refractivity contribution >= 4 is 60.1 Å². The molecule has 1 aliphatic heterocycles. The van der Waals surface area contributed by atoms with Crippen molar-refractivity contribution < 1.29 is 19.1 Å². The van der Waals surface area contributed by atoms with Gasteiger partial charge < -0.3 is 5.11 Å². The van der Waals surface area contributed by atoms with Crippen LogP contribution in [0.5, 0.6) is 0 Å². The first kappa shape index (κ1) is 20.5. The van der Waals surface area contributed by atoms with E-state index in [9.17, 15) is 19.1 Å². The van der Waals surface area contributed by atoms with E-state index in [-0.39, 0.29) is 16.5 Å². The Morgan fingerprint density at radius 2 is 1.75 bits per heavy atom. The highest BCUT2D eigenvalue weighted by molar-refractivity contribution is 9.10. The van der Waals surface area contributed by atoms with Gasteiger partial charge in [0.1, 0.15) is 11.6 Å². The zero-order chi connectivity index (χ0) is 22.4. The van der Waals surface area contributed by atoms with Crippen LogP contribution in [-0.2, 0) is 9.59 Å². The summed E-state index contributed by atoms with van der Waals surface area (Å²) in [6.45, 7) is 0. The summed E-state index contributed by atoms with van der Waals surface area (Å²) >= 11 is 4.51. The maximum Gasteiger partial charge on any atom is 0.301 e. The second-order valence-corrected chi connectivity index (χ2v) is 9.12. The number of carbonyl (C=O) groups is 2. The Hall–Kier alpha value is -3.36. The Morgan fingerprint density at radius 1 is 1.03 bits per heavy atom. The van der Waals surface area contributed by atoms with E-state index >= 15 is 0 Å². The predicted octanol–water partition coefficient (Wildman–Crippen LogP) is 5.82. The summed E-state index contributed by atoms with van der Waals surface area (Å²) in [5.74, 6) is -2.27. The van der Waals surface area contributed by atoms with E-state index in [1.165, 1.54) is 23.1 Å². The van der Waals surface area contributed by atoms with Crippen molar-refractivity contribution in [1.82, 2.24) is 4.98 Å². The molecule has 1 aromatic heterocycles. The molecule has 1 amide bonds. The molecular formula is C24H14BrFN2O3S. The first-order valence-electron chi connectivity index (χ1n) is 9.62. The summed E-state index contributed by atoms with van der Waals surface area (Å²) in [5, 5.41) is 11.3. The number of aliphatic hydroxyl groups excluding tert-OH is 1. The van der Waals surface area contributed by atoms with Crippen molar-refractivity contribution in [3.63, 3.8) is 0 Å². The van der Waals surface area contributed by atoms with E-state index in [0.717, 1.165) is 15.8 Å². The SMILES string of the molecule is O=C1C(=O)N(c2nc3ccc(F)cc3s2)[C@@H](c2ccc(Br)cc2)C1=C(O)c1ccccc1. The van der Waals surface area contributed by atoms with Crippen molar-refractivity contribution in [2.24, 2.45) is 0 Å². The monoisotopic (exact) mass is 508 g/mol. The molecule has 0 bridgehead atoms. The number of aromatic nitrogens is 1. The van der Waals surface area contributed by atoms with E-state index in [1.54, 1.807) is 54.6 Å². The lowest BCUT2D eigenvalue weighted by atomic mass is 9.95. The van der Waals surface area contributed by atoms with E-state index in [4.69, 9.17) is 0 Å². The molecule has 1 aliphatic rings. The van der Waals surface area contributed by atoms with Gasteiger partial charge >= 0.3 is 5.91 Å². The lowest BCUT2D eigenvalue weighted by molar-refractivity contribution is -0.132. The number of hydrogen-bond acceptors (Lipinski definition) is 5. The van der Waals surface area contributed by atoms with Crippen LogP contribution >= 0.6 is 27.3 Å². The smallest absolute Gasteiger partial charge is 0.301 e. The van der Waals surface area contributed by atoms with Crippen molar-refractivity contribution in [3.8, 4) is 0 Å². The molecule has 32 heavy (non-hydrogen) atoms. The van der Waals surface area contributed by atoms with Crippen molar-refractivity contribution in [1.29, 1.82) is 0 Å². The van der Waals surface area contributed by atoms with Gasteiger partial charge in [0.25, 0.3) is 5.78 Å². The van der Waals surface area contributed by atoms with Gasteiger partial charge in [0.05, 0.1) is 21.8 Å². The van der Waals surface area contributed by atoms with Crippen LogP contribution < -0.4 is 4.90 Å². The van der Waals surface area contributed by atoms with Gasteiger partial charge in [0, 0.05) is 10.0 Å². The summed E-state index contributed by atoms with van der Waals surface area (Å²) in [5.41, 5.74) is 1.56. The van der Waals surface area contributed by atoms with Gasteiger partial charge in [0.2, 0.25) is 0 Å². The van der Waals surface area contributed by atoms with E-state index in [1.807, 2.05) is 0 Å². The number of amides is 1. The second kappa shape index (κ2) is 7.96. The summed E-state index contributed by atoms with van der Waals surface area (Å²) in [6, 6.07) is 19.0. The molecule has 1 fully saturated rings. The fourth-order valence-corrected chi connectivity index (χ4v) is 5.01. The van der Waals surface area contributed by atoms with Crippen LogP contribution in [-0.4, -0.2) is 21.8 Å². The molecule has 5 rings (SSSR count). The fraction of sp³-hybridized carbons (Fsp3) is 0.0417. The molecule has 1 N–H and O–H groups in total. The number of aliphatic hydroxyl groups is 1. The first-order chi connectivity index (χ1) is 15.4. The maximum absolute atomic E-state index is 13.7. The zero-order valence-electron chi connectivity index (χ0n) is 16.3. The number of anilines is 1. The Balaban J connectivity index is 1.73. The second-order valence-electron chi connectivity index (χ2n) is 7.20. The molecule has 0 radical (unpaired) electrons. The Bertz CT molecular complexity index is 1400. The summed E-state index contributed by atoms with van der Waals surface area (Å²) < 4.78 is 15.1. The number of benzene rings is 3. The zero-order valence-corrected chi connectivity index (χ0v) is 18.7. The fourth-order valence-electron chi connectivity index (χ4n) is 3.73. The van der Waals surface area contributed by atoms with Crippen LogP contribution in [0, 0.1) is 5.82 Å². The Morgan fingerprint density at radius 3 is 2.47 bits per heavy atom. The quantitative estimate of drug-likeness (QED) is 0.215. The average molecular weight is 509 g/mol. The van der Waals surface area contributed by atoms with Gasteiger partial charge in [0.15, 0.2) is 5.13 Å². The minimum Gasteiger partial charge on any atom is -0.507 e. The molecule has 0 spiro atoms. The van der Waals surface area contributed by atoms with Gasteiger partial charge in [-0.2, -0.15) is 0 Å². The molecular weight excluding hydrogens is 495 g/mol. The van der Waals surface area contributed by atoms with Crippen LogP contribution in [0.3, 0.4) is 0 Å². The van der Waals surface area contributed by atoms with Crippen molar-refractivity contribution in [2.45, 2.75) is 6.04 Å². The highest BCUT2D eigenvalue weighted by Crippen LogP contribution is 2.44. The van der Waals surface area contributed by atoms with Crippen LogP contribution in [0.4, 0.5) is 9.52 Å². The van der Waals surface area contributed by atoms with Gasteiger partial charge in [-0.1, -0.05) is 69.7 Å². The molecule has 2 heterocycles. The van der Waals surface area contributed by atoms with Crippen LogP contribution in [0.25, 0.3) is 16.0 Å². The molecule has 3 aromatic carbocycles. The van der Waals surface area contributed by atoms with Gasteiger partial charge in [-0.25, -0.2) is 9.37 Å². The first-order valence-corrected chi connectivity index (χ1v) is 11.2. The molecule has 8 heteroatoms. The largest absolute Gasteiger partial charge is 0.507 e. The minimum atomic E-state index is -0.881. The van der Waals surface area contributed by atoms with Gasteiger partial charge in [-0.05, 0) is 35.9 Å². The lowest BCUT2D eigenvalue weighted by Gasteiger charge is -2.23. The number of carbonyl (C=O) groups excluding carboxylic acids is 2. The van der Waals surface area contributed by atoms with Gasteiger partial charge in [-0.15, -0.1) is 0 Å². The molecule has 0 saturated carbocycles. The highest BCUT2D eigenvalue weighted by Gasteiger charge is 2.48. The average Bonchev–Trinajstić information content (AvgIpc) is 3.32. The molecule has 1 atom stereocenters. The summed E-state index contributed by atoms with van der Waals surface area (Å²) in [4.78, 5) is 32.0. The van der Waals surface area contributed by atoms with E-state index in [2.05, 4.69) is 20.9 Å². The van der Waals surface area contributed by atoms with E-state index < -0.39 is 23.5 Å². The molecule has 1 saturated heterocycles. The minimum absolute atomic E-state index is 0.0195. The third-order valence-corrected chi connectivity index (χ3v) is 6.77. The number of hydrogen-bond donors (Lipinski definition) is 1. The number of ketones is 1. The normalized spacial score (nSPS) is 17.9. The predicted molar refractivity (Wildman–Crippen MR) is 125 cm³/mol. The standard InChI is InChI=1S/C24H14BrFN2O3S/c25-15-8-6-13(7-9-15)20-19(21(29)14-4-2-1-3-5-14)22(30)23(31)28(20)24-27-17-11-10-16(26)12-18(17)32-24/h1-12,20,29H/t20-/m0/s1. The Kier molecular flexibility index (Phi) is 5.11. The Labute approximate surface area is 194 Å². The molecule has 5 nitrogen and oxygen atoms in total. The summed E-state index contributed by atoms with van der Waals surface area (Å²) in [6.07, 6.45) is 0. The molecule has 158 valence electrons. The number of Topliss-reactive ketones (excluding diaryl/α,β-unsaturated/α-hetero) is 1. The summed E-state index contributed by atoms with van der Waals surface area (Å²) in [7, 11) is 0. The molecule has 0 unspecified atom stereocenters. The topological polar surface area (TPSA) is 70.5 Å². The lowest BCUT2D eigenvalue weighted by Crippen LogP contribution is -2.29. The van der Waals surface area contributed by atoms with E-state index in [0.29, 0.717) is 21.3 Å². The maximum atomic E-state index is 13.7. The highest BCUT2D eigenvalue weighted by atomic mass is 79.9. The van der Waals surface area contributed by atoms with Crippen LogP contribution in [0.1, 0.15) is 17.2 Å². The third kappa shape index (κ3) is 3.41. The number of rotatable bonds is 3. The number of halogens is 2. The number of nitrogens with zero attached hydrogens (tertiary/aromatic N) is 2. The third-order valence-electron chi connectivity index (χ3n) is 5.22. The molecule has 0 aliphatic carbocycles. The van der Waals surface area contributed by atoms with Crippen molar-refractivity contribution in [2.75, 3.05) is 4.90 Å². The van der Waals surface area contributed by atoms with Gasteiger partial charge in [-0.3, -0.25) is 14.5 Å². The van der Waals surface area contributed by atoms with Crippen LogP contribution in [0.2, 0.25) is 0 Å².